The van der Waals surface area contributed by atoms with Crippen LogP contribution in [-0.4, -0.2) is 30.6 Å². The lowest BCUT2D eigenvalue weighted by Gasteiger charge is -2.26. The Kier molecular flexibility index (Phi) is 4.97. The molecule has 1 heterocycles. The van der Waals surface area contributed by atoms with Gasteiger partial charge in [0.25, 0.3) is 0 Å². The minimum absolute atomic E-state index is 0.176. The molecule has 2 amide bonds. The van der Waals surface area contributed by atoms with Crippen molar-refractivity contribution >= 4 is 11.7 Å². The smallest absolute Gasteiger partial charge is 0.321 e. The van der Waals surface area contributed by atoms with Gasteiger partial charge in [-0.25, -0.2) is 9.18 Å². The molecule has 1 aliphatic heterocycles. The van der Waals surface area contributed by atoms with E-state index < -0.39 is 5.82 Å². The van der Waals surface area contributed by atoms with Gasteiger partial charge in [0.15, 0.2) is 0 Å². The molecule has 0 spiro atoms. The van der Waals surface area contributed by atoms with E-state index in [0.29, 0.717) is 5.69 Å². The zero-order chi connectivity index (χ0) is 14.4. The lowest BCUT2D eigenvalue weighted by atomic mass is 10.1. The first-order valence-corrected chi connectivity index (χ1v) is 6.75. The molecule has 2 rings (SSSR count). The summed E-state index contributed by atoms with van der Waals surface area (Å²) in [5.74, 6) is 4.79. The first-order chi connectivity index (χ1) is 9.70. The number of piperidine rings is 1. The molecular weight excluding hydrogens is 257 g/mol. The van der Waals surface area contributed by atoms with Crippen LogP contribution in [0.25, 0.3) is 0 Å². The summed E-state index contributed by atoms with van der Waals surface area (Å²) >= 11 is 0. The van der Waals surface area contributed by atoms with Crippen molar-refractivity contribution in [3.8, 4) is 11.8 Å². The predicted octanol–water partition coefficient (Wildman–Crippen LogP) is 2.15. The third-order valence-corrected chi connectivity index (χ3v) is 3.19. The van der Waals surface area contributed by atoms with Crippen LogP contribution < -0.4 is 11.1 Å². The van der Waals surface area contributed by atoms with Crippen molar-refractivity contribution in [2.24, 2.45) is 5.73 Å². The maximum absolute atomic E-state index is 13.8. The van der Waals surface area contributed by atoms with E-state index >= 15 is 0 Å². The Morgan fingerprint density at radius 2 is 2.10 bits per heavy atom. The topological polar surface area (TPSA) is 58.4 Å². The van der Waals surface area contributed by atoms with Crippen LogP contribution in [0.4, 0.5) is 14.9 Å². The molecule has 0 unspecified atom stereocenters. The molecule has 5 heteroatoms. The molecular formula is C15H18FN3O. The Balaban J connectivity index is 2.02. The zero-order valence-electron chi connectivity index (χ0n) is 11.3. The number of carbonyl (C=O) groups excluding carboxylic acids is 1. The number of rotatable bonds is 1. The highest BCUT2D eigenvalue weighted by Gasteiger charge is 2.16. The van der Waals surface area contributed by atoms with Crippen molar-refractivity contribution < 1.29 is 9.18 Å². The summed E-state index contributed by atoms with van der Waals surface area (Å²) < 4.78 is 13.8. The van der Waals surface area contributed by atoms with Gasteiger partial charge in [0, 0.05) is 18.8 Å². The van der Waals surface area contributed by atoms with Crippen molar-refractivity contribution in [2.45, 2.75) is 19.3 Å². The summed E-state index contributed by atoms with van der Waals surface area (Å²) in [5.41, 5.74) is 5.97. The van der Waals surface area contributed by atoms with Crippen LogP contribution in [0.15, 0.2) is 18.2 Å². The van der Waals surface area contributed by atoms with Gasteiger partial charge >= 0.3 is 6.03 Å². The molecule has 1 saturated heterocycles. The fraction of sp³-hybridized carbons (Fsp3) is 0.400. The normalized spacial score (nSPS) is 14.4. The quantitative estimate of drug-likeness (QED) is 0.772. The van der Waals surface area contributed by atoms with Gasteiger partial charge < -0.3 is 16.0 Å². The van der Waals surface area contributed by atoms with E-state index in [2.05, 4.69) is 17.2 Å². The summed E-state index contributed by atoms with van der Waals surface area (Å²) in [5, 5.41) is 2.71. The Bertz CT molecular complexity index is 542. The number of nitrogens with one attached hydrogen (secondary N) is 1. The molecule has 1 fully saturated rings. The van der Waals surface area contributed by atoms with Gasteiger partial charge in [-0.1, -0.05) is 11.8 Å². The third kappa shape index (κ3) is 3.72. The highest BCUT2D eigenvalue weighted by Crippen LogP contribution is 2.16. The van der Waals surface area contributed by atoms with E-state index in [1.54, 1.807) is 17.0 Å². The molecule has 3 N–H and O–H groups in total. The van der Waals surface area contributed by atoms with Crippen LogP contribution in [0, 0.1) is 17.7 Å². The molecule has 0 aliphatic carbocycles. The second kappa shape index (κ2) is 6.92. The lowest BCUT2D eigenvalue weighted by Crippen LogP contribution is -2.38. The number of halogens is 1. The highest BCUT2D eigenvalue weighted by molar-refractivity contribution is 5.89. The van der Waals surface area contributed by atoms with E-state index in [9.17, 15) is 9.18 Å². The minimum atomic E-state index is -0.456. The number of hydrogen-bond acceptors (Lipinski definition) is 2. The second-order valence-corrected chi connectivity index (χ2v) is 4.68. The molecule has 0 atom stereocenters. The van der Waals surface area contributed by atoms with Crippen LogP contribution in [0.2, 0.25) is 0 Å². The average molecular weight is 275 g/mol. The van der Waals surface area contributed by atoms with Gasteiger partial charge in [-0.3, -0.25) is 0 Å². The number of benzene rings is 1. The number of hydrogen-bond donors (Lipinski definition) is 2. The summed E-state index contributed by atoms with van der Waals surface area (Å²) in [7, 11) is 0. The second-order valence-electron chi connectivity index (χ2n) is 4.68. The number of anilines is 1. The van der Waals surface area contributed by atoms with Gasteiger partial charge in [0.05, 0.1) is 12.1 Å². The maximum Gasteiger partial charge on any atom is 0.321 e. The number of amides is 2. The van der Waals surface area contributed by atoms with Crippen molar-refractivity contribution in [3.63, 3.8) is 0 Å². The van der Waals surface area contributed by atoms with Crippen LogP contribution in [0.3, 0.4) is 0 Å². The van der Waals surface area contributed by atoms with E-state index in [0.717, 1.165) is 32.4 Å². The van der Waals surface area contributed by atoms with Gasteiger partial charge in [-0.2, -0.15) is 0 Å². The number of likely N-dealkylation sites (tertiary alicyclic amines) is 1. The van der Waals surface area contributed by atoms with Gasteiger partial charge in [-0.15, -0.1) is 0 Å². The third-order valence-electron chi connectivity index (χ3n) is 3.19. The van der Waals surface area contributed by atoms with Crippen LogP contribution in [-0.2, 0) is 0 Å². The van der Waals surface area contributed by atoms with Gasteiger partial charge in [-0.05, 0) is 37.5 Å². The first-order valence-electron chi connectivity index (χ1n) is 6.75. The van der Waals surface area contributed by atoms with E-state index in [1.807, 2.05) is 0 Å². The van der Waals surface area contributed by atoms with Crippen LogP contribution >= 0.6 is 0 Å². The number of carbonyl (C=O) groups is 1. The molecule has 0 saturated carbocycles. The van der Waals surface area contributed by atoms with Crippen LogP contribution in [0.5, 0.6) is 0 Å². The van der Waals surface area contributed by atoms with Gasteiger partial charge in [0.1, 0.15) is 5.82 Å². The van der Waals surface area contributed by atoms with Crippen molar-refractivity contribution in [3.05, 3.63) is 29.6 Å². The Labute approximate surface area is 118 Å². The summed E-state index contributed by atoms with van der Waals surface area (Å²) in [6.07, 6.45) is 3.21. The Morgan fingerprint density at radius 1 is 1.35 bits per heavy atom. The van der Waals surface area contributed by atoms with E-state index in [1.165, 1.54) is 6.07 Å². The molecule has 0 bridgehead atoms. The number of nitrogens with two attached hydrogens (primary N) is 1. The largest absolute Gasteiger partial charge is 0.325 e. The molecule has 0 aromatic heterocycles. The van der Waals surface area contributed by atoms with Crippen molar-refractivity contribution in [1.82, 2.24) is 4.90 Å². The fourth-order valence-corrected chi connectivity index (χ4v) is 2.14. The molecule has 1 aromatic rings. The van der Waals surface area contributed by atoms with E-state index in [-0.39, 0.29) is 18.1 Å². The molecule has 4 nitrogen and oxygen atoms in total. The lowest BCUT2D eigenvalue weighted by molar-refractivity contribution is 0.200. The predicted molar refractivity (Wildman–Crippen MR) is 76.8 cm³/mol. The Morgan fingerprint density at radius 3 is 2.75 bits per heavy atom. The van der Waals surface area contributed by atoms with Gasteiger partial charge in [0.2, 0.25) is 0 Å². The first kappa shape index (κ1) is 14.4. The molecule has 0 radical (unpaired) electrons. The summed E-state index contributed by atoms with van der Waals surface area (Å²) in [6, 6.07) is 4.29. The molecule has 106 valence electrons. The van der Waals surface area contributed by atoms with Crippen molar-refractivity contribution in [2.75, 3.05) is 25.0 Å². The fourth-order valence-electron chi connectivity index (χ4n) is 2.14. The highest BCUT2D eigenvalue weighted by atomic mass is 19.1. The zero-order valence-corrected chi connectivity index (χ0v) is 11.3. The standard InChI is InChI=1S/C15H18FN3O/c16-14-11-13(7-6-12(14)5-4-8-17)18-15(20)19-9-2-1-3-10-19/h6-7,11H,1-3,8-10,17H2,(H,18,20). The molecule has 1 aliphatic rings. The van der Waals surface area contributed by atoms with E-state index in [4.69, 9.17) is 5.73 Å². The number of nitrogens with zero attached hydrogens (tertiary/aromatic N) is 1. The monoisotopic (exact) mass is 275 g/mol. The summed E-state index contributed by atoms with van der Waals surface area (Å²) in [6.45, 7) is 1.70. The van der Waals surface area contributed by atoms with Crippen LogP contribution in [0.1, 0.15) is 24.8 Å². The average Bonchev–Trinajstić information content (AvgIpc) is 2.47. The Hall–Kier alpha value is -2.06. The SMILES string of the molecule is NCC#Cc1ccc(NC(=O)N2CCCCC2)cc1F. The minimum Gasteiger partial charge on any atom is -0.325 e. The molecule has 1 aromatic carbocycles. The number of urea groups is 1. The summed E-state index contributed by atoms with van der Waals surface area (Å²) in [4.78, 5) is 13.7. The maximum atomic E-state index is 13.8. The molecule has 20 heavy (non-hydrogen) atoms. The van der Waals surface area contributed by atoms with Crippen molar-refractivity contribution in [1.29, 1.82) is 0 Å².